The maximum Gasteiger partial charge on any atom is 0.326 e. The lowest BCUT2D eigenvalue weighted by Gasteiger charge is -2.38. The minimum Gasteiger partial charge on any atom is -0.480 e. The number of ketones is 2. The zero-order valence-electron chi connectivity index (χ0n) is 18.3. The lowest BCUT2D eigenvalue weighted by molar-refractivity contribution is -0.162. The summed E-state index contributed by atoms with van der Waals surface area (Å²) in [7, 11) is 0. The molecule has 0 fully saturated rings. The van der Waals surface area contributed by atoms with E-state index in [1.807, 2.05) is 43.3 Å². The number of pyridine rings is 1. The number of carboxylic acid groups (broad SMARTS) is 1. The molecule has 2 unspecified atom stereocenters. The second-order valence-electron chi connectivity index (χ2n) is 8.17. The molecule has 1 aliphatic heterocycles. The number of nitrogens with two attached hydrogens (primary N) is 1. The van der Waals surface area contributed by atoms with Crippen LogP contribution in [0.3, 0.4) is 0 Å². The molecule has 1 aromatic carbocycles. The molecule has 2 atom stereocenters. The number of unbranched alkanes of at least 4 members (excludes halogenated alkanes) is 1. The first-order chi connectivity index (χ1) is 15.4. The molecule has 0 radical (unpaired) electrons. The van der Waals surface area contributed by atoms with Gasteiger partial charge in [0.05, 0.1) is 6.54 Å². The van der Waals surface area contributed by atoms with Gasteiger partial charge in [0.1, 0.15) is 5.82 Å². The molecule has 0 amide bonds. The first kappa shape index (κ1) is 23.6. The number of nitrogens with one attached hydrogen (secondary N) is 2. The molecule has 1 aliphatic rings. The Morgan fingerprint density at radius 2 is 1.94 bits per heavy atom. The number of carbonyl (C=O) groups is 3. The summed E-state index contributed by atoms with van der Waals surface area (Å²) in [6.07, 6.45) is 3.07. The van der Waals surface area contributed by atoms with Gasteiger partial charge >= 0.3 is 5.97 Å². The third-order valence-electron chi connectivity index (χ3n) is 6.06. The number of nitrogens with zero attached hydrogens (tertiary/aromatic N) is 1. The quantitative estimate of drug-likeness (QED) is 0.308. The monoisotopic (exact) mass is 438 g/mol. The summed E-state index contributed by atoms with van der Waals surface area (Å²) < 4.78 is 0. The van der Waals surface area contributed by atoms with Crippen LogP contribution in [-0.2, 0) is 27.3 Å². The Morgan fingerprint density at radius 3 is 2.62 bits per heavy atom. The zero-order valence-corrected chi connectivity index (χ0v) is 18.3. The van der Waals surface area contributed by atoms with Crippen molar-refractivity contribution in [2.45, 2.75) is 45.2 Å². The first-order valence-corrected chi connectivity index (χ1v) is 10.9. The van der Waals surface area contributed by atoms with Crippen LogP contribution < -0.4 is 16.4 Å². The van der Waals surface area contributed by atoms with Crippen molar-refractivity contribution >= 4 is 23.4 Å². The molecule has 0 bridgehead atoms. The van der Waals surface area contributed by atoms with Crippen LogP contribution in [0.4, 0.5) is 5.82 Å². The Balaban J connectivity index is 1.69. The number of carbonyl (C=O) groups excluding carboxylic acids is 2. The molecule has 1 aromatic heterocycles. The van der Waals surface area contributed by atoms with Gasteiger partial charge in [0.15, 0.2) is 11.6 Å². The number of hydrogen-bond acceptors (Lipinski definition) is 7. The largest absolute Gasteiger partial charge is 0.480 e. The van der Waals surface area contributed by atoms with E-state index in [0.29, 0.717) is 25.9 Å². The van der Waals surface area contributed by atoms with Crippen LogP contribution in [-0.4, -0.2) is 46.8 Å². The predicted molar refractivity (Wildman–Crippen MR) is 121 cm³/mol. The number of anilines is 1. The van der Waals surface area contributed by atoms with E-state index < -0.39 is 35.5 Å². The van der Waals surface area contributed by atoms with E-state index in [4.69, 9.17) is 5.73 Å². The fraction of sp³-hybridized carbons (Fsp3) is 0.417. The molecule has 0 spiro atoms. The highest BCUT2D eigenvalue weighted by Crippen LogP contribution is 2.33. The number of aliphatic carboxylic acids is 1. The van der Waals surface area contributed by atoms with Gasteiger partial charge in [-0.1, -0.05) is 24.3 Å². The molecular weight excluding hydrogens is 408 g/mol. The third-order valence-corrected chi connectivity index (χ3v) is 6.06. The van der Waals surface area contributed by atoms with Crippen LogP contribution >= 0.6 is 0 Å². The van der Waals surface area contributed by atoms with Crippen molar-refractivity contribution in [2.24, 2.45) is 11.1 Å². The summed E-state index contributed by atoms with van der Waals surface area (Å²) in [4.78, 5) is 42.8. The van der Waals surface area contributed by atoms with E-state index >= 15 is 0 Å². The molecule has 32 heavy (non-hydrogen) atoms. The van der Waals surface area contributed by atoms with Gasteiger partial charge in [0.25, 0.3) is 0 Å². The third kappa shape index (κ3) is 4.87. The van der Waals surface area contributed by atoms with Gasteiger partial charge in [-0.25, -0.2) is 4.98 Å². The number of aromatic nitrogens is 1. The summed E-state index contributed by atoms with van der Waals surface area (Å²) in [5, 5.41) is 16.4. The average Bonchev–Trinajstić information content (AvgIpc) is 2.79. The molecule has 8 nitrogen and oxygen atoms in total. The van der Waals surface area contributed by atoms with Crippen molar-refractivity contribution < 1.29 is 19.5 Å². The van der Waals surface area contributed by atoms with Crippen LogP contribution in [0.1, 0.15) is 36.0 Å². The fourth-order valence-electron chi connectivity index (χ4n) is 4.31. The van der Waals surface area contributed by atoms with Gasteiger partial charge in [0.2, 0.25) is 5.41 Å². The predicted octanol–water partition coefficient (Wildman–Crippen LogP) is 1.85. The molecule has 0 saturated carbocycles. The summed E-state index contributed by atoms with van der Waals surface area (Å²) in [5.41, 5.74) is 6.45. The summed E-state index contributed by atoms with van der Waals surface area (Å²) in [5.74, 6) is -2.03. The smallest absolute Gasteiger partial charge is 0.326 e. The molecule has 0 aliphatic carbocycles. The summed E-state index contributed by atoms with van der Waals surface area (Å²) in [6, 6.07) is 10.6. The minimum atomic E-state index is -2.19. The van der Waals surface area contributed by atoms with Gasteiger partial charge in [0, 0.05) is 31.7 Å². The standard InChI is InChI=1S/C24H30N4O4/c1-16-9-11-27-22(12-16)26-10-5-4-8-20(29)24(23(31)32,21(30)14-25)19-13-17-6-2-3-7-18(17)15-28-19/h2-3,6-7,9,11-12,19,28H,4-5,8,10,13-15,25H2,1H3,(H,26,27)(H,31,32). The molecule has 2 aromatic rings. The van der Waals surface area contributed by atoms with Crippen molar-refractivity contribution in [1.29, 1.82) is 0 Å². The van der Waals surface area contributed by atoms with E-state index in [9.17, 15) is 19.5 Å². The lowest BCUT2D eigenvalue weighted by Crippen LogP contribution is -2.62. The Kier molecular flexibility index (Phi) is 7.71. The van der Waals surface area contributed by atoms with Crippen LogP contribution in [0.25, 0.3) is 0 Å². The van der Waals surface area contributed by atoms with E-state index in [0.717, 1.165) is 22.5 Å². The van der Waals surface area contributed by atoms with Crippen molar-refractivity contribution in [2.75, 3.05) is 18.4 Å². The number of fused-ring (bicyclic) bond motifs is 1. The molecule has 5 N–H and O–H groups in total. The number of hydrogen-bond donors (Lipinski definition) is 4. The summed E-state index contributed by atoms with van der Waals surface area (Å²) in [6.45, 7) is 2.46. The van der Waals surface area contributed by atoms with Crippen LogP contribution in [0.5, 0.6) is 0 Å². The Bertz CT molecular complexity index is 993. The Hall–Kier alpha value is -3.10. The highest BCUT2D eigenvalue weighted by atomic mass is 16.4. The fourth-order valence-corrected chi connectivity index (χ4v) is 4.31. The van der Waals surface area contributed by atoms with Crippen LogP contribution in [0, 0.1) is 12.3 Å². The highest BCUT2D eigenvalue weighted by molar-refractivity contribution is 6.23. The van der Waals surface area contributed by atoms with Gasteiger partial charge in [-0.3, -0.25) is 14.4 Å². The van der Waals surface area contributed by atoms with Crippen molar-refractivity contribution in [3.63, 3.8) is 0 Å². The van der Waals surface area contributed by atoms with Gasteiger partial charge in [-0.05, 0) is 55.0 Å². The molecule has 170 valence electrons. The second kappa shape index (κ2) is 10.5. The normalized spacial score (nSPS) is 17.1. The molecular formula is C24H30N4O4. The number of Topliss-reactive ketones (excluding diaryl/α,β-unsaturated/α-hetero) is 2. The molecule has 3 rings (SSSR count). The molecule has 2 heterocycles. The number of carboxylic acids is 1. The van der Waals surface area contributed by atoms with E-state index in [2.05, 4.69) is 15.6 Å². The Labute approximate surface area is 187 Å². The maximum atomic E-state index is 13.3. The first-order valence-electron chi connectivity index (χ1n) is 10.9. The van der Waals surface area contributed by atoms with Crippen molar-refractivity contribution in [1.82, 2.24) is 10.3 Å². The van der Waals surface area contributed by atoms with E-state index in [1.165, 1.54) is 0 Å². The van der Waals surface area contributed by atoms with Crippen molar-refractivity contribution in [3.05, 3.63) is 59.3 Å². The zero-order chi connectivity index (χ0) is 23.1. The van der Waals surface area contributed by atoms with Gasteiger partial charge < -0.3 is 21.5 Å². The van der Waals surface area contributed by atoms with Gasteiger partial charge in [-0.2, -0.15) is 0 Å². The Morgan fingerprint density at radius 1 is 1.19 bits per heavy atom. The number of aryl methyl sites for hydroxylation is 1. The molecule has 8 heteroatoms. The van der Waals surface area contributed by atoms with E-state index in [1.54, 1.807) is 6.20 Å². The second-order valence-corrected chi connectivity index (χ2v) is 8.17. The van der Waals surface area contributed by atoms with Crippen molar-refractivity contribution in [3.8, 4) is 0 Å². The van der Waals surface area contributed by atoms with E-state index in [-0.39, 0.29) is 12.8 Å². The maximum absolute atomic E-state index is 13.3. The number of benzene rings is 1. The molecule has 0 saturated heterocycles. The SMILES string of the molecule is Cc1ccnc(NCCCCC(=O)C(C(=O)O)(C(=O)CN)C2Cc3ccccc3CN2)c1. The van der Waals surface area contributed by atoms with Crippen LogP contribution in [0.2, 0.25) is 0 Å². The lowest BCUT2D eigenvalue weighted by atomic mass is 9.68. The summed E-state index contributed by atoms with van der Waals surface area (Å²) >= 11 is 0. The minimum absolute atomic E-state index is 0.0131. The topological polar surface area (TPSA) is 134 Å². The van der Waals surface area contributed by atoms with Crippen LogP contribution in [0.15, 0.2) is 42.6 Å². The average molecular weight is 439 g/mol. The van der Waals surface area contributed by atoms with Gasteiger partial charge in [-0.15, -0.1) is 0 Å². The number of rotatable bonds is 11. The highest BCUT2D eigenvalue weighted by Gasteiger charge is 2.57.